The maximum Gasteiger partial charge on any atom is 0.323 e. The second-order valence-corrected chi connectivity index (χ2v) is 6.18. The number of nitrogens with one attached hydrogen (secondary N) is 2. The van der Waals surface area contributed by atoms with E-state index in [2.05, 4.69) is 48.7 Å². The first-order valence-corrected chi connectivity index (χ1v) is 8.97. The number of aryl methyl sites for hydroxylation is 2. The molecule has 3 nitrogen and oxygen atoms in total. The fourth-order valence-electron chi connectivity index (χ4n) is 2.56. The molecule has 0 spiro atoms. The van der Waals surface area contributed by atoms with Crippen molar-refractivity contribution in [3.8, 4) is 0 Å². The molecule has 0 aromatic heterocycles. The van der Waals surface area contributed by atoms with Crippen LogP contribution in [-0.2, 0) is 12.8 Å². The minimum atomic E-state index is -0.211. The molecule has 0 saturated heterocycles. The molecular formula is C21H28N2O. The monoisotopic (exact) mass is 324 g/mol. The van der Waals surface area contributed by atoms with Crippen molar-refractivity contribution in [2.24, 2.45) is 0 Å². The largest absolute Gasteiger partial charge is 0.323 e. The zero-order valence-corrected chi connectivity index (χ0v) is 14.8. The zero-order chi connectivity index (χ0) is 17.2. The number of carbonyl (C=O) groups excluding carboxylic acids is 1. The molecule has 0 unspecified atom stereocenters. The van der Waals surface area contributed by atoms with E-state index in [1.54, 1.807) is 0 Å². The van der Waals surface area contributed by atoms with E-state index in [4.69, 9.17) is 0 Å². The van der Waals surface area contributed by atoms with Crippen LogP contribution in [0.15, 0.2) is 48.5 Å². The number of rotatable bonds is 8. The molecule has 0 aliphatic heterocycles. The first kappa shape index (κ1) is 18.1. The van der Waals surface area contributed by atoms with Crippen LogP contribution in [0.1, 0.15) is 50.7 Å². The molecule has 2 N–H and O–H groups in total. The maximum absolute atomic E-state index is 12.1. The molecule has 2 rings (SSSR count). The van der Waals surface area contributed by atoms with Crippen molar-refractivity contribution < 1.29 is 4.79 Å². The van der Waals surface area contributed by atoms with E-state index in [1.807, 2.05) is 24.3 Å². The van der Waals surface area contributed by atoms with Crippen molar-refractivity contribution in [2.75, 3.05) is 10.6 Å². The van der Waals surface area contributed by atoms with E-state index >= 15 is 0 Å². The molecule has 0 aliphatic rings. The minimum Gasteiger partial charge on any atom is -0.308 e. The standard InChI is InChI=1S/C21H28N2O/c1-3-5-7-17-9-13-19(14-10-17)22-21(24)23-20-15-11-18(12-16-20)8-6-4-2/h9-16H,3-8H2,1-2H3,(H2,22,23,24). The van der Waals surface area contributed by atoms with Crippen LogP contribution in [0, 0.1) is 0 Å². The molecule has 0 radical (unpaired) electrons. The summed E-state index contributed by atoms with van der Waals surface area (Å²) in [5.74, 6) is 0. The Kier molecular flexibility index (Phi) is 7.34. The highest BCUT2D eigenvalue weighted by Crippen LogP contribution is 2.14. The van der Waals surface area contributed by atoms with Gasteiger partial charge in [0.1, 0.15) is 0 Å². The lowest BCUT2D eigenvalue weighted by Crippen LogP contribution is -2.19. The van der Waals surface area contributed by atoms with Gasteiger partial charge in [-0.1, -0.05) is 51.0 Å². The third-order valence-corrected chi connectivity index (χ3v) is 4.06. The number of hydrogen-bond acceptors (Lipinski definition) is 1. The Morgan fingerprint density at radius 2 is 1.08 bits per heavy atom. The van der Waals surface area contributed by atoms with Gasteiger partial charge in [0.15, 0.2) is 0 Å². The van der Waals surface area contributed by atoms with Crippen molar-refractivity contribution >= 4 is 17.4 Å². The molecule has 0 aliphatic carbocycles. The summed E-state index contributed by atoms with van der Waals surface area (Å²) in [5.41, 5.74) is 4.25. The van der Waals surface area contributed by atoms with E-state index in [9.17, 15) is 4.79 Å². The van der Waals surface area contributed by atoms with Gasteiger partial charge < -0.3 is 10.6 Å². The van der Waals surface area contributed by atoms with Gasteiger partial charge in [-0.05, 0) is 61.1 Å². The molecular weight excluding hydrogens is 296 g/mol. The van der Waals surface area contributed by atoms with Crippen LogP contribution in [-0.4, -0.2) is 6.03 Å². The number of benzene rings is 2. The fourth-order valence-corrected chi connectivity index (χ4v) is 2.56. The molecule has 128 valence electrons. The van der Waals surface area contributed by atoms with Crippen LogP contribution in [0.3, 0.4) is 0 Å². The number of anilines is 2. The smallest absolute Gasteiger partial charge is 0.308 e. The quantitative estimate of drug-likeness (QED) is 0.613. The SMILES string of the molecule is CCCCc1ccc(NC(=O)Nc2ccc(CCCC)cc2)cc1. The van der Waals surface area contributed by atoms with Crippen LogP contribution < -0.4 is 10.6 Å². The van der Waals surface area contributed by atoms with Crippen molar-refractivity contribution in [2.45, 2.75) is 52.4 Å². The van der Waals surface area contributed by atoms with Crippen molar-refractivity contribution in [1.29, 1.82) is 0 Å². The molecule has 2 aromatic carbocycles. The molecule has 2 aromatic rings. The highest BCUT2D eigenvalue weighted by atomic mass is 16.2. The summed E-state index contributed by atoms with van der Waals surface area (Å²) in [5, 5.41) is 5.75. The summed E-state index contributed by atoms with van der Waals surface area (Å²) < 4.78 is 0. The average molecular weight is 324 g/mol. The number of amides is 2. The molecule has 0 saturated carbocycles. The summed E-state index contributed by atoms with van der Waals surface area (Å²) in [6.45, 7) is 4.38. The molecule has 24 heavy (non-hydrogen) atoms. The first-order chi connectivity index (χ1) is 11.7. The van der Waals surface area contributed by atoms with Gasteiger partial charge in [-0.15, -0.1) is 0 Å². The highest BCUT2D eigenvalue weighted by Gasteiger charge is 2.03. The molecule has 0 atom stereocenters. The van der Waals surface area contributed by atoms with Gasteiger partial charge in [0, 0.05) is 11.4 Å². The second kappa shape index (κ2) is 9.76. The Balaban J connectivity index is 1.84. The Bertz CT molecular complexity index is 562. The lowest BCUT2D eigenvalue weighted by Gasteiger charge is -2.09. The molecule has 3 heteroatoms. The highest BCUT2D eigenvalue weighted by molar-refractivity contribution is 5.99. The number of urea groups is 1. The molecule has 0 bridgehead atoms. The van der Waals surface area contributed by atoms with Gasteiger partial charge >= 0.3 is 6.03 Å². The molecule has 0 fully saturated rings. The van der Waals surface area contributed by atoms with E-state index in [1.165, 1.54) is 36.8 Å². The summed E-state index contributed by atoms with van der Waals surface area (Å²) in [7, 11) is 0. The lowest BCUT2D eigenvalue weighted by atomic mass is 10.1. The summed E-state index contributed by atoms with van der Waals surface area (Å²) in [4.78, 5) is 12.1. The van der Waals surface area contributed by atoms with Gasteiger partial charge in [-0.25, -0.2) is 4.79 Å². The Labute approximate surface area is 145 Å². The summed E-state index contributed by atoms with van der Waals surface area (Å²) in [6.07, 6.45) is 6.96. The number of unbranched alkanes of at least 4 members (excludes halogenated alkanes) is 2. The van der Waals surface area contributed by atoms with Crippen LogP contribution in [0.2, 0.25) is 0 Å². The molecule has 0 heterocycles. The maximum atomic E-state index is 12.1. The average Bonchev–Trinajstić information content (AvgIpc) is 2.60. The van der Waals surface area contributed by atoms with Crippen LogP contribution in [0.5, 0.6) is 0 Å². The number of carbonyl (C=O) groups is 1. The van der Waals surface area contributed by atoms with Gasteiger partial charge in [0.2, 0.25) is 0 Å². The summed E-state index contributed by atoms with van der Waals surface area (Å²) in [6, 6.07) is 15.9. The second-order valence-electron chi connectivity index (χ2n) is 6.18. The minimum absolute atomic E-state index is 0.211. The fraction of sp³-hybridized carbons (Fsp3) is 0.381. The zero-order valence-electron chi connectivity index (χ0n) is 14.8. The number of hydrogen-bond donors (Lipinski definition) is 2. The van der Waals surface area contributed by atoms with Crippen molar-refractivity contribution in [3.05, 3.63) is 59.7 Å². The predicted molar refractivity (Wildman–Crippen MR) is 103 cm³/mol. The van der Waals surface area contributed by atoms with E-state index in [-0.39, 0.29) is 6.03 Å². The van der Waals surface area contributed by atoms with Gasteiger partial charge in [-0.2, -0.15) is 0 Å². The van der Waals surface area contributed by atoms with Crippen LogP contribution >= 0.6 is 0 Å². The first-order valence-electron chi connectivity index (χ1n) is 8.97. The van der Waals surface area contributed by atoms with Crippen molar-refractivity contribution in [1.82, 2.24) is 0 Å². The predicted octanol–water partition coefficient (Wildman–Crippen LogP) is 6.02. The Morgan fingerprint density at radius 1 is 0.708 bits per heavy atom. The molecule has 2 amide bonds. The van der Waals surface area contributed by atoms with E-state index in [0.717, 1.165) is 24.2 Å². The topological polar surface area (TPSA) is 41.1 Å². The lowest BCUT2D eigenvalue weighted by molar-refractivity contribution is 0.262. The third kappa shape index (κ3) is 6.07. The van der Waals surface area contributed by atoms with Gasteiger partial charge in [-0.3, -0.25) is 0 Å². The van der Waals surface area contributed by atoms with Crippen LogP contribution in [0.25, 0.3) is 0 Å². The van der Waals surface area contributed by atoms with Crippen molar-refractivity contribution in [3.63, 3.8) is 0 Å². The Hall–Kier alpha value is -2.29. The van der Waals surface area contributed by atoms with E-state index in [0.29, 0.717) is 0 Å². The third-order valence-electron chi connectivity index (χ3n) is 4.06. The Morgan fingerprint density at radius 3 is 1.42 bits per heavy atom. The van der Waals surface area contributed by atoms with Crippen LogP contribution in [0.4, 0.5) is 16.2 Å². The summed E-state index contributed by atoms with van der Waals surface area (Å²) >= 11 is 0. The van der Waals surface area contributed by atoms with Gasteiger partial charge in [0.05, 0.1) is 0 Å². The normalized spacial score (nSPS) is 10.4. The van der Waals surface area contributed by atoms with E-state index < -0.39 is 0 Å². The van der Waals surface area contributed by atoms with Gasteiger partial charge in [0.25, 0.3) is 0 Å².